The van der Waals surface area contributed by atoms with Gasteiger partial charge in [0.1, 0.15) is 11.9 Å². The third-order valence-electron chi connectivity index (χ3n) is 5.56. The Hall–Kier alpha value is -1.02. The van der Waals surface area contributed by atoms with Crippen molar-refractivity contribution in [2.45, 2.75) is 51.7 Å². The Kier molecular flexibility index (Phi) is 2.67. The lowest BCUT2D eigenvalue weighted by Crippen LogP contribution is -2.54. The minimum atomic E-state index is -0.192. The van der Waals surface area contributed by atoms with E-state index in [-0.39, 0.29) is 23.5 Å². The standard InChI is InChI=1S/C16H22O2/c1-10-12-6-4-5-7-14(12)18-15-9-8-13(17)11(2)16(10,15)3/h4-7,10-11,13,15,17H,8-9H2,1-3H3. The molecule has 0 radical (unpaired) electrons. The molecule has 5 unspecified atom stereocenters. The van der Waals surface area contributed by atoms with Gasteiger partial charge in [0.15, 0.2) is 0 Å². The fraction of sp³-hybridized carbons (Fsp3) is 0.625. The maximum absolute atomic E-state index is 10.2. The number of fused-ring (bicyclic) bond motifs is 2. The Labute approximate surface area is 109 Å². The van der Waals surface area contributed by atoms with E-state index < -0.39 is 0 Å². The van der Waals surface area contributed by atoms with Crippen LogP contribution in [0, 0.1) is 11.3 Å². The van der Waals surface area contributed by atoms with E-state index in [1.807, 2.05) is 6.07 Å². The lowest BCUT2D eigenvalue weighted by Gasteiger charge is -2.54. The molecule has 0 aromatic heterocycles. The van der Waals surface area contributed by atoms with E-state index in [4.69, 9.17) is 4.74 Å². The number of para-hydroxylation sites is 1. The zero-order valence-corrected chi connectivity index (χ0v) is 11.4. The Bertz CT molecular complexity index is 456. The number of aliphatic hydroxyl groups is 1. The Balaban J connectivity index is 2.08. The molecule has 1 aromatic rings. The second-order valence-corrected chi connectivity index (χ2v) is 6.17. The predicted molar refractivity (Wildman–Crippen MR) is 71.8 cm³/mol. The second-order valence-electron chi connectivity index (χ2n) is 6.17. The van der Waals surface area contributed by atoms with Gasteiger partial charge in [-0.05, 0) is 36.3 Å². The Morgan fingerprint density at radius 2 is 1.94 bits per heavy atom. The number of hydrogen-bond donors (Lipinski definition) is 1. The van der Waals surface area contributed by atoms with E-state index in [0.29, 0.717) is 5.92 Å². The van der Waals surface area contributed by atoms with Crippen molar-refractivity contribution in [2.24, 2.45) is 11.3 Å². The lowest BCUT2D eigenvalue weighted by molar-refractivity contribution is -0.105. The first-order chi connectivity index (χ1) is 8.55. The normalized spacial score (nSPS) is 42.7. The van der Waals surface area contributed by atoms with Gasteiger partial charge in [-0.25, -0.2) is 0 Å². The molecule has 0 saturated heterocycles. The van der Waals surface area contributed by atoms with Gasteiger partial charge in [-0.1, -0.05) is 39.0 Å². The van der Waals surface area contributed by atoms with Crippen LogP contribution >= 0.6 is 0 Å². The van der Waals surface area contributed by atoms with E-state index in [9.17, 15) is 5.11 Å². The lowest BCUT2D eigenvalue weighted by atomic mass is 9.57. The van der Waals surface area contributed by atoms with E-state index in [1.54, 1.807) is 0 Å². The van der Waals surface area contributed by atoms with E-state index in [2.05, 4.69) is 39.0 Å². The summed E-state index contributed by atoms with van der Waals surface area (Å²) in [5, 5.41) is 10.2. The highest BCUT2D eigenvalue weighted by molar-refractivity contribution is 5.40. The third-order valence-corrected chi connectivity index (χ3v) is 5.56. The molecule has 1 N–H and O–H groups in total. The zero-order chi connectivity index (χ0) is 12.9. The van der Waals surface area contributed by atoms with Gasteiger partial charge in [-0.2, -0.15) is 0 Å². The predicted octanol–water partition coefficient (Wildman–Crippen LogP) is 3.35. The van der Waals surface area contributed by atoms with E-state index in [0.717, 1.165) is 18.6 Å². The van der Waals surface area contributed by atoms with Crippen LogP contribution in [0.25, 0.3) is 0 Å². The summed E-state index contributed by atoms with van der Waals surface area (Å²) in [6.07, 6.45) is 1.86. The van der Waals surface area contributed by atoms with E-state index in [1.165, 1.54) is 5.56 Å². The molecule has 1 aliphatic heterocycles. The van der Waals surface area contributed by atoms with Gasteiger partial charge < -0.3 is 9.84 Å². The summed E-state index contributed by atoms with van der Waals surface area (Å²) in [6.45, 7) is 6.73. The molecule has 5 atom stereocenters. The summed E-state index contributed by atoms with van der Waals surface area (Å²) < 4.78 is 6.22. The number of hydrogen-bond acceptors (Lipinski definition) is 2. The molecule has 2 nitrogen and oxygen atoms in total. The average molecular weight is 246 g/mol. The van der Waals surface area contributed by atoms with Crippen molar-refractivity contribution in [3.8, 4) is 5.75 Å². The van der Waals surface area contributed by atoms with Gasteiger partial charge in [0.2, 0.25) is 0 Å². The minimum absolute atomic E-state index is 0.0337. The van der Waals surface area contributed by atoms with Crippen LogP contribution in [0.1, 0.15) is 45.1 Å². The van der Waals surface area contributed by atoms with Crippen molar-refractivity contribution in [1.82, 2.24) is 0 Å². The molecule has 1 heterocycles. The minimum Gasteiger partial charge on any atom is -0.490 e. The number of aliphatic hydroxyl groups excluding tert-OH is 1. The van der Waals surface area contributed by atoms with Crippen LogP contribution in [0.5, 0.6) is 5.75 Å². The highest BCUT2D eigenvalue weighted by Gasteiger charge is 2.53. The number of benzene rings is 1. The summed E-state index contributed by atoms with van der Waals surface area (Å²) in [4.78, 5) is 0. The van der Waals surface area contributed by atoms with Crippen LogP contribution in [0.4, 0.5) is 0 Å². The van der Waals surface area contributed by atoms with Crippen LogP contribution in [0.15, 0.2) is 24.3 Å². The summed E-state index contributed by atoms with van der Waals surface area (Å²) in [6, 6.07) is 8.35. The van der Waals surface area contributed by atoms with Gasteiger partial charge >= 0.3 is 0 Å². The first-order valence-electron chi connectivity index (χ1n) is 6.98. The van der Waals surface area contributed by atoms with Crippen molar-refractivity contribution in [2.75, 3.05) is 0 Å². The molecule has 1 aromatic carbocycles. The molecule has 0 bridgehead atoms. The maximum Gasteiger partial charge on any atom is 0.123 e. The molecule has 1 aliphatic carbocycles. The van der Waals surface area contributed by atoms with Crippen LogP contribution < -0.4 is 4.74 Å². The molecule has 1 saturated carbocycles. The number of ether oxygens (including phenoxy) is 1. The van der Waals surface area contributed by atoms with Crippen LogP contribution in [0.3, 0.4) is 0 Å². The molecule has 2 heteroatoms. The first-order valence-corrected chi connectivity index (χ1v) is 6.98. The van der Waals surface area contributed by atoms with Crippen molar-refractivity contribution in [1.29, 1.82) is 0 Å². The Morgan fingerprint density at radius 1 is 1.22 bits per heavy atom. The van der Waals surface area contributed by atoms with Crippen LogP contribution in [-0.4, -0.2) is 17.3 Å². The summed E-state index contributed by atoms with van der Waals surface area (Å²) in [5.74, 6) is 1.74. The largest absolute Gasteiger partial charge is 0.490 e. The quantitative estimate of drug-likeness (QED) is 0.760. The molecule has 18 heavy (non-hydrogen) atoms. The average Bonchev–Trinajstić information content (AvgIpc) is 2.38. The SMILES string of the molecule is CC1c2ccccc2OC2CCC(O)C(C)C21C. The summed E-state index contributed by atoms with van der Waals surface area (Å²) >= 11 is 0. The molecule has 1 fully saturated rings. The molecule has 0 amide bonds. The van der Waals surface area contributed by atoms with Gasteiger partial charge in [-0.15, -0.1) is 0 Å². The van der Waals surface area contributed by atoms with E-state index >= 15 is 0 Å². The zero-order valence-electron chi connectivity index (χ0n) is 11.4. The molecule has 0 spiro atoms. The van der Waals surface area contributed by atoms with Crippen molar-refractivity contribution >= 4 is 0 Å². The highest BCUT2D eigenvalue weighted by Crippen LogP contribution is 2.56. The van der Waals surface area contributed by atoms with Crippen molar-refractivity contribution in [3.63, 3.8) is 0 Å². The fourth-order valence-corrected chi connectivity index (χ4v) is 3.88. The molecule has 2 aliphatic rings. The second kappa shape index (κ2) is 3.99. The van der Waals surface area contributed by atoms with Crippen molar-refractivity contribution < 1.29 is 9.84 Å². The first kappa shape index (κ1) is 12.0. The highest BCUT2D eigenvalue weighted by atomic mass is 16.5. The number of rotatable bonds is 0. The van der Waals surface area contributed by atoms with Gasteiger partial charge in [0, 0.05) is 5.41 Å². The molecular formula is C16H22O2. The smallest absolute Gasteiger partial charge is 0.123 e. The maximum atomic E-state index is 10.2. The summed E-state index contributed by atoms with van der Waals surface area (Å²) in [5.41, 5.74) is 1.32. The van der Waals surface area contributed by atoms with Crippen LogP contribution in [0.2, 0.25) is 0 Å². The Morgan fingerprint density at radius 3 is 2.72 bits per heavy atom. The van der Waals surface area contributed by atoms with Gasteiger partial charge in [-0.3, -0.25) is 0 Å². The monoisotopic (exact) mass is 246 g/mol. The van der Waals surface area contributed by atoms with Crippen LogP contribution in [-0.2, 0) is 0 Å². The fourth-order valence-electron chi connectivity index (χ4n) is 3.88. The van der Waals surface area contributed by atoms with Crippen molar-refractivity contribution in [3.05, 3.63) is 29.8 Å². The van der Waals surface area contributed by atoms with Gasteiger partial charge in [0.25, 0.3) is 0 Å². The summed E-state index contributed by atoms with van der Waals surface area (Å²) in [7, 11) is 0. The molecule has 98 valence electrons. The third kappa shape index (κ3) is 1.45. The topological polar surface area (TPSA) is 29.5 Å². The molecular weight excluding hydrogens is 224 g/mol. The molecule has 3 rings (SSSR count). The van der Waals surface area contributed by atoms with Gasteiger partial charge in [0.05, 0.1) is 6.10 Å².